The minimum absolute atomic E-state index is 0.0799. The first-order valence-electron chi connectivity index (χ1n) is 10.4. The van der Waals surface area contributed by atoms with Crippen LogP contribution in [-0.2, 0) is 11.2 Å². The van der Waals surface area contributed by atoms with Crippen LogP contribution in [0, 0.1) is 5.92 Å². The first-order chi connectivity index (χ1) is 15.1. The van der Waals surface area contributed by atoms with E-state index in [2.05, 4.69) is 23.6 Å². The monoisotopic (exact) mass is 434 g/mol. The maximum atomic E-state index is 13.3. The number of nitrogens with zero attached hydrogens (tertiary/aromatic N) is 2. The molecule has 2 aromatic carbocycles. The molecule has 0 radical (unpaired) electrons. The summed E-state index contributed by atoms with van der Waals surface area (Å²) in [5.74, 6) is 0.233. The highest BCUT2D eigenvalue weighted by Gasteiger charge is 2.32. The number of rotatable bonds is 5. The highest BCUT2D eigenvalue weighted by molar-refractivity contribution is 7.13. The quantitative estimate of drug-likeness (QED) is 0.605. The lowest BCUT2D eigenvalue weighted by molar-refractivity contribution is -0.133. The number of carbonyl (C=O) groups excluding carboxylic acids is 2. The first kappa shape index (κ1) is 21.1. The van der Waals surface area contributed by atoms with Crippen LogP contribution in [0.5, 0.6) is 5.75 Å². The number of ether oxygens (including phenoxy) is 1. The third-order valence-electron chi connectivity index (χ3n) is 5.77. The van der Waals surface area contributed by atoms with Gasteiger partial charge in [-0.15, -0.1) is 11.3 Å². The van der Waals surface area contributed by atoms with Crippen LogP contribution in [0.25, 0.3) is 10.4 Å². The molecule has 0 saturated carbocycles. The van der Waals surface area contributed by atoms with Gasteiger partial charge in [0.15, 0.2) is 0 Å². The van der Waals surface area contributed by atoms with Gasteiger partial charge in [0, 0.05) is 31.6 Å². The Morgan fingerprint density at radius 2 is 1.84 bits per heavy atom. The van der Waals surface area contributed by atoms with Gasteiger partial charge in [0.25, 0.3) is 5.91 Å². The molecule has 0 spiro atoms. The number of hydrogen-bond acceptors (Lipinski definition) is 4. The van der Waals surface area contributed by atoms with E-state index in [1.807, 2.05) is 37.4 Å². The number of carbonyl (C=O) groups is 2. The molecular weight excluding hydrogens is 408 g/mol. The largest absolute Gasteiger partial charge is 0.496 e. The van der Waals surface area contributed by atoms with Gasteiger partial charge in [-0.1, -0.05) is 42.5 Å². The smallest absolute Gasteiger partial charge is 0.257 e. The van der Waals surface area contributed by atoms with Crippen molar-refractivity contribution in [3.8, 4) is 16.2 Å². The summed E-state index contributed by atoms with van der Waals surface area (Å²) < 4.78 is 5.39. The van der Waals surface area contributed by atoms with E-state index < -0.39 is 0 Å². The Hall–Kier alpha value is -3.12. The Bertz CT molecular complexity index is 1060. The normalized spacial score (nSPS) is 16.8. The molecule has 1 aromatic heterocycles. The minimum atomic E-state index is -0.299. The molecule has 0 bridgehead atoms. The van der Waals surface area contributed by atoms with Gasteiger partial charge in [-0.25, -0.2) is 0 Å². The number of hydrogen-bond donors (Lipinski definition) is 0. The standard InChI is InChI=1S/C25H26N2O3S/c1-26-13-14-27(25(29)21-10-5-6-11-22(21)30-2)17-19(24(26)28)16-18-8-3-4-9-20(18)23-12-7-15-31-23/h3-12,15,19H,13-14,16-17H2,1-2H3/t19-/m0/s1. The van der Waals surface area contributed by atoms with Crippen molar-refractivity contribution in [2.24, 2.45) is 5.92 Å². The summed E-state index contributed by atoms with van der Waals surface area (Å²) in [6.45, 7) is 1.41. The number of thiophene rings is 1. The van der Waals surface area contributed by atoms with Gasteiger partial charge in [-0.05, 0) is 41.1 Å². The Balaban J connectivity index is 1.62. The van der Waals surface area contributed by atoms with E-state index >= 15 is 0 Å². The van der Waals surface area contributed by atoms with Gasteiger partial charge >= 0.3 is 0 Å². The van der Waals surface area contributed by atoms with Gasteiger partial charge in [0.05, 0.1) is 18.6 Å². The summed E-state index contributed by atoms with van der Waals surface area (Å²) in [7, 11) is 3.38. The summed E-state index contributed by atoms with van der Waals surface area (Å²) in [6, 6.07) is 19.6. The van der Waals surface area contributed by atoms with Crippen LogP contribution in [0.2, 0.25) is 0 Å². The first-order valence-corrected chi connectivity index (χ1v) is 11.3. The number of amides is 2. The van der Waals surface area contributed by atoms with Crippen LogP contribution >= 0.6 is 11.3 Å². The molecule has 0 aliphatic carbocycles. The Morgan fingerprint density at radius 1 is 1.06 bits per heavy atom. The van der Waals surface area contributed by atoms with E-state index in [1.165, 1.54) is 4.88 Å². The van der Waals surface area contributed by atoms with Crippen molar-refractivity contribution in [1.82, 2.24) is 9.80 Å². The van der Waals surface area contributed by atoms with Crippen LogP contribution in [0.15, 0.2) is 66.0 Å². The zero-order chi connectivity index (χ0) is 21.8. The molecule has 4 rings (SSSR count). The topological polar surface area (TPSA) is 49.9 Å². The van der Waals surface area contributed by atoms with Crippen LogP contribution in [0.3, 0.4) is 0 Å². The van der Waals surface area contributed by atoms with Crippen molar-refractivity contribution in [3.05, 3.63) is 77.2 Å². The Kier molecular flexibility index (Phi) is 6.37. The average molecular weight is 435 g/mol. The molecular formula is C25H26N2O3S. The summed E-state index contributed by atoms with van der Waals surface area (Å²) in [5.41, 5.74) is 2.81. The third-order valence-corrected chi connectivity index (χ3v) is 6.67. The molecule has 1 aliphatic rings. The van der Waals surface area contributed by atoms with Crippen molar-refractivity contribution >= 4 is 23.2 Å². The lowest BCUT2D eigenvalue weighted by Gasteiger charge is -2.24. The van der Waals surface area contributed by atoms with Gasteiger partial charge in [0.2, 0.25) is 5.91 Å². The van der Waals surface area contributed by atoms with Crippen molar-refractivity contribution in [3.63, 3.8) is 0 Å². The van der Waals surface area contributed by atoms with Crippen molar-refractivity contribution < 1.29 is 14.3 Å². The Morgan fingerprint density at radius 3 is 2.61 bits per heavy atom. The van der Waals surface area contributed by atoms with Gasteiger partial charge in [-0.2, -0.15) is 0 Å². The van der Waals surface area contributed by atoms with Crippen LogP contribution < -0.4 is 4.74 Å². The molecule has 6 heteroatoms. The van der Waals surface area contributed by atoms with Crippen molar-refractivity contribution in [2.45, 2.75) is 6.42 Å². The molecule has 0 unspecified atom stereocenters. The van der Waals surface area contributed by atoms with Crippen LogP contribution in [0.4, 0.5) is 0 Å². The van der Waals surface area contributed by atoms with Crippen LogP contribution in [0.1, 0.15) is 15.9 Å². The second-order valence-corrected chi connectivity index (χ2v) is 8.69. The number of methoxy groups -OCH3 is 1. The zero-order valence-corrected chi connectivity index (χ0v) is 18.6. The van der Waals surface area contributed by atoms with E-state index in [4.69, 9.17) is 4.74 Å². The van der Waals surface area contributed by atoms with Gasteiger partial charge < -0.3 is 14.5 Å². The molecule has 2 amide bonds. The van der Waals surface area contributed by atoms with E-state index in [-0.39, 0.29) is 17.7 Å². The fourth-order valence-corrected chi connectivity index (χ4v) is 4.88. The molecule has 2 heterocycles. The fourth-order valence-electron chi connectivity index (χ4n) is 4.09. The number of benzene rings is 2. The molecule has 3 aromatic rings. The average Bonchev–Trinajstić information content (AvgIpc) is 3.30. The Labute approximate surface area is 186 Å². The minimum Gasteiger partial charge on any atom is -0.496 e. The van der Waals surface area contributed by atoms with Gasteiger partial charge in [-0.3, -0.25) is 9.59 Å². The predicted molar refractivity (Wildman–Crippen MR) is 123 cm³/mol. The second-order valence-electron chi connectivity index (χ2n) is 7.75. The summed E-state index contributed by atoms with van der Waals surface area (Å²) in [5, 5.41) is 2.06. The zero-order valence-electron chi connectivity index (χ0n) is 17.8. The molecule has 1 aliphatic heterocycles. The summed E-state index contributed by atoms with van der Waals surface area (Å²) >= 11 is 1.69. The van der Waals surface area contributed by atoms with E-state index in [0.717, 1.165) is 11.1 Å². The molecule has 5 nitrogen and oxygen atoms in total. The lowest BCUT2D eigenvalue weighted by atomic mass is 9.93. The van der Waals surface area contributed by atoms with Crippen molar-refractivity contribution in [1.29, 1.82) is 0 Å². The molecule has 0 N–H and O–H groups in total. The second kappa shape index (κ2) is 9.35. The molecule has 1 atom stereocenters. The third kappa shape index (κ3) is 4.49. The van der Waals surface area contributed by atoms with Crippen LogP contribution in [-0.4, -0.2) is 55.4 Å². The predicted octanol–water partition coefficient (Wildman–Crippen LogP) is 4.20. The van der Waals surface area contributed by atoms with Crippen molar-refractivity contribution in [2.75, 3.05) is 33.8 Å². The molecule has 1 fully saturated rings. The van der Waals surface area contributed by atoms with E-state index in [9.17, 15) is 9.59 Å². The fraction of sp³-hybridized carbons (Fsp3) is 0.280. The van der Waals surface area contributed by atoms with Gasteiger partial charge in [0.1, 0.15) is 5.75 Å². The summed E-state index contributed by atoms with van der Waals surface area (Å²) in [6.07, 6.45) is 0.590. The molecule has 1 saturated heterocycles. The SMILES string of the molecule is COc1ccccc1C(=O)N1CCN(C)C(=O)[C@@H](Cc2ccccc2-c2cccs2)C1. The highest BCUT2D eigenvalue weighted by Crippen LogP contribution is 2.30. The van der Waals surface area contributed by atoms with E-state index in [1.54, 1.807) is 40.4 Å². The lowest BCUT2D eigenvalue weighted by Crippen LogP contribution is -2.37. The summed E-state index contributed by atoms with van der Waals surface area (Å²) in [4.78, 5) is 31.2. The number of para-hydroxylation sites is 1. The molecule has 160 valence electrons. The highest BCUT2D eigenvalue weighted by atomic mass is 32.1. The van der Waals surface area contributed by atoms with E-state index in [0.29, 0.717) is 37.4 Å². The maximum Gasteiger partial charge on any atom is 0.257 e. The number of likely N-dealkylation sites (N-methyl/N-ethyl adjacent to an activating group) is 1. The maximum absolute atomic E-state index is 13.3. The molecule has 31 heavy (non-hydrogen) atoms.